The van der Waals surface area contributed by atoms with Gasteiger partial charge in [-0.2, -0.15) is 0 Å². The van der Waals surface area contributed by atoms with Crippen LogP contribution in [0.25, 0.3) is 0 Å². The van der Waals surface area contributed by atoms with E-state index >= 15 is 0 Å². The quantitative estimate of drug-likeness (QED) is 0.0244. The van der Waals surface area contributed by atoms with Crippen molar-refractivity contribution in [3.8, 4) is 0 Å². The second-order valence-electron chi connectivity index (χ2n) is 12.7. The Bertz CT molecular complexity index is 1060. The van der Waals surface area contributed by atoms with Gasteiger partial charge in [0.2, 0.25) is 0 Å². The number of carboxylic acids is 1. The van der Waals surface area contributed by atoms with Gasteiger partial charge in [0.15, 0.2) is 6.10 Å². The SMILES string of the molecule is CCCCC/C=C/C/C=C/C/C=C/CCCCC(=O)O[C@H](COC(=O)CCCCCCC/C=C/CCCCC)COP(=O)(O)OC[C@H](N)C(=O)O. The maximum Gasteiger partial charge on any atom is 0.472 e. The van der Waals surface area contributed by atoms with Gasteiger partial charge in [0, 0.05) is 12.8 Å². The maximum absolute atomic E-state index is 12.5. The van der Waals surface area contributed by atoms with Crippen molar-refractivity contribution in [1.82, 2.24) is 0 Å². The van der Waals surface area contributed by atoms with Gasteiger partial charge in [-0.15, -0.1) is 0 Å². The molecule has 0 heterocycles. The Morgan fingerprint density at radius 1 is 0.608 bits per heavy atom. The lowest BCUT2D eigenvalue weighted by Crippen LogP contribution is -2.34. The molecule has 0 aliphatic carbocycles. The van der Waals surface area contributed by atoms with E-state index < -0.39 is 51.1 Å². The third-order valence-electron chi connectivity index (χ3n) is 7.80. The largest absolute Gasteiger partial charge is 0.480 e. The molecule has 0 radical (unpaired) electrons. The molecule has 0 aromatic carbocycles. The normalized spacial score (nSPS) is 14.4. The molecule has 11 nitrogen and oxygen atoms in total. The van der Waals surface area contributed by atoms with Crippen LogP contribution in [-0.2, 0) is 37.5 Å². The van der Waals surface area contributed by atoms with E-state index in [1.807, 2.05) is 0 Å². The van der Waals surface area contributed by atoms with E-state index in [2.05, 4.69) is 67.0 Å². The van der Waals surface area contributed by atoms with Crippen LogP contribution in [0, 0.1) is 0 Å². The predicted octanol–water partition coefficient (Wildman–Crippen LogP) is 9.44. The van der Waals surface area contributed by atoms with Crippen LogP contribution in [0.1, 0.15) is 149 Å². The number of esters is 2. The van der Waals surface area contributed by atoms with Crippen molar-refractivity contribution in [1.29, 1.82) is 0 Å². The predicted molar refractivity (Wildman–Crippen MR) is 203 cm³/mol. The molecule has 0 rings (SSSR count). The van der Waals surface area contributed by atoms with Crippen LogP contribution in [0.3, 0.4) is 0 Å². The Hall–Kier alpha value is -2.56. The number of unbranched alkanes of at least 4 members (excludes halogenated alkanes) is 13. The topological polar surface area (TPSA) is 172 Å². The molecule has 3 atom stereocenters. The summed E-state index contributed by atoms with van der Waals surface area (Å²) in [6.45, 7) is 2.67. The Morgan fingerprint density at radius 2 is 1.04 bits per heavy atom. The Balaban J connectivity index is 4.54. The van der Waals surface area contributed by atoms with Gasteiger partial charge in [-0.05, 0) is 77.0 Å². The van der Waals surface area contributed by atoms with E-state index in [0.717, 1.165) is 70.6 Å². The van der Waals surface area contributed by atoms with E-state index in [1.165, 1.54) is 38.5 Å². The average molecular weight is 742 g/mol. The molecule has 4 N–H and O–H groups in total. The Labute approximate surface area is 307 Å². The molecule has 0 saturated heterocycles. The molecular formula is C39H68NO10P. The molecular weight excluding hydrogens is 673 g/mol. The van der Waals surface area contributed by atoms with E-state index in [0.29, 0.717) is 12.8 Å². The molecule has 0 aliphatic heterocycles. The number of phosphoric acid groups is 1. The molecule has 51 heavy (non-hydrogen) atoms. The number of phosphoric ester groups is 1. The number of hydrogen-bond acceptors (Lipinski definition) is 9. The first-order valence-electron chi connectivity index (χ1n) is 19.2. The van der Waals surface area contributed by atoms with Crippen molar-refractivity contribution in [2.45, 2.75) is 161 Å². The van der Waals surface area contributed by atoms with Gasteiger partial charge in [-0.25, -0.2) is 4.57 Å². The fourth-order valence-corrected chi connectivity index (χ4v) is 5.49. The number of nitrogens with two attached hydrogens (primary N) is 1. The first-order chi connectivity index (χ1) is 24.6. The zero-order chi connectivity index (χ0) is 37.8. The molecule has 294 valence electrons. The van der Waals surface area contributed by atoms with Crippen molar-refractivity contribution >= 4 is 25.7 Å². The minimum absolute atomic E-state index is 0.109. The smallest absolute Gasteiger partial charge is 0.472 e. The van der Waals surface area contributed by atoms with Crippen molar-refractivity contribution in [3.63, 3.8) is 0 Å². The molecule has 0 bridgehead atoms. The number of allylic oxidation sites excluding steroid dienone is 8. The van der Waals surface area contributed by atoms with E-state index in [4.69, 9.17) is 24.8 Å². The number of carbonyl (C=O) groups is 3. The fourth-order valence-electron chi connectivity index (χ4n) is 4.71. The van der Waals surface area contributed by atoms with Crippen molar-refractivity contribution < 1.29 is 47.5 Å². The second-order valence-corrected chi connectivity index (χ2v) is 14.2. The minimum atomic E-state index is -4.72. The molecule has 0 spiro atoms. The third-order valence-corrected chi connectivity index (χ3v) is 8.75. The summed E-state index contributed by atoms with van der Waals surface area (Å²) in [6.07, 6.45) is 36.1. The molecule has 0 aliphatic rings. The van der Waals surface area contributed by atoms with Gasteiger partial charge < -0.3 is 25.2 Å². The van der Waals surface area contributed by atoms with E-state index in [-0.39, 0.29) is 19.4 Å². The van der Waals surface area contributed by atoms with Crippen LogP contribution in [0.2, 0.25) is 0 Å². The lowest BCUT2D eigenvalue weighted by atomic mass is 10.1. The van der Waals surface area contributed by atoms with Gasteiger partial charge in [0.1, 0.15) is 12.6 Å². The van der Waals surface area contributed by atoms with Crippen molar-refractivity contribution in [3.05, 3.63) is 48.6 Å². The van der Waals surface area contributed by atoms with Gasteiger partial charge in [0.05, 0.1) is 13.2 Å². The molecule has 0 fully saturated rings. The van der Waals surface area contributed by atoms with E-state index in [9.17, 15) is 23.8 Å². The van der Waals surface area contributed by atoms with Crippen LogP contribution in [0.15, 0.2) is 48.6 Å². The lowest BCUT2D eigenvalue weighted by Gasteiger charge is -2.20. The minimum Gasteiger partial charge on any atom is -0.480 e. The highest BCUT2D eigenvalue weighted by molar-refractivity contribution is 7.47. The Kier molecular flexibility index (Phi) is 32.8. The zero-order valence-electron chi connectivity index (χ0n) is 31.4. The first kappa shape index (κ1) is 48.4. The van der Waals surface area contributed by atoms with Crippen molar-refractivity contribution in [2.75, 3.05) is 19.8 Å². The number of ether oxygens (including phenoxy) is 2. The standard InChI is InChI=1S/C39H68NO10P/c1-3-5-7-9-11-13-15-17-18-19-21-23-25-27-29-31-38(42)50-35(33-48-51(45,46)49-34-36(40)39(43)44)32-47-37(41)30-28-26-24-22-20-16-14-12-10-8-6-4-2/h11-14,17-18,21,23,35-36H,3-10,15-16,19-20,22,24-34,40H2,1-2H3,(H,43,44)(H,45,46)/b13-11+,14-12+,18-17+,23-21+/t35-,36+/m1/s1. The average Bonchev–Trinajstić information content (AvgIpc) is 3.10. The van der Waals surface area contributed by atoms with Gasteiger partial charge in [-0.1, -0.05) is 107 Å². The summed E-state index contributed by atoms with van der Waals surface area (Å²) in [6, 6.07) is -1.53. The number of carboxylic acid groups (broad SMARTS) is 1. The van der Waals surface area contributed by atoms with Crippen LogP contribution in [0.4, 0.5) is 0 Å². The summed E-state index contributed by atoms with van der Waals surface area (Å²) >= 11 is 0. The highest BCUT2D eigenvalue weighted by Crippen LogP contribution is 2.43. The highest BCUT2D eigenvalue weighted by atomic mass is 31.2. The van der Waals surface area contributed by atoms with Crippen LogP contribution < -0.4 is 5.73 Å². The number of rotatable bonds is 35. The van der Waals surface area contributed by atoms with Crippen LogP contribution in [-0.4, -0.2) is 59.9 Å². The second kappa shape index (κ2) is 34.5. The first-order valence-corrected chi connectivity index (χ1v) is 20.7. The monoisotopic (exact) mass is 741 g/mol. The summed E-state index contributed by atoms with van der Waals surface area (Å²) in [4.78, 5) is 45.7. The molecule has 1 unspecified atom stereocenters. The molecule has 0 amide bonds. The maximum atomic E-state index is 12.5. The summed E-state index contributed by atoms with van der Waals surface area (Å²) in [5.41, 5.74) is 5.31. The fraction of sp³-hybridized carbons (Fsp3) is 0.718. The summed E-state index contributed by atoms with van der Waals surface area (Å²) < 4.78 is 32.5. The zero-order valence-corrected chi connectivity index (χ0v) is 32.3. The Morgan fingerprint density at radius 3 is 1.61 bits per heavy atom. The van der Waals surface area contributed by atoms with E-state index in [1.54, 1.807) is 0 Å². The molecule has 0 aromatic rings. The lowest BCUT2D eigenvalue weighted by molar-refractivity contribution is -0.161. The van der Waals surface area contributed by atoms with Crippen LogP contribution in [0.5, 0.6) is 0 Å². The van der Waals surface area contributed by atoms with Crippen molar-refractivity contribution in [2.24, 2.45) is 5.73 Å². The number of carbonyl (C=O) groups excluding carboxylic acids is 2. The molecule has 12 heteroatoms. The van der Waals surface area contributed by atoms with Gasteiger partial charge >= 0.3 is 25.7 Å². The van der Waals surface area contributed by atoms with Gasteiger partial charge in [-0.3, -0.25) is 23.4 Å². The van der Waals surface area contributed by atoms with Crippen LogP contribution >= 0.6 is 7.82 Å². The highest BCUT2D eigenvalue weighted by Gasteiger charge is 2.28. The third kappa shape index (κ3) is 34.3. The number of hydrogen-bond donors (Lipinski definition) is 3. The summed E-state index contributed by atoms with van der Waals surface area (Å²) in [5, 5.41) is 8.85. The summed E-state index contributed by atoms with van der Waals surface area (Å²) in [7, 11) is -4.72. The molecule has 0 saturated carbocycles. The van der Waals surface area contributed by atoms with Gasteiger partial charge in [0.25, 0.3) is 0 Å². The number of aliphatic carboxylic acids is 1. The molecule has 0 aromatic heterocycles. The summed E-state index contributed by atoms with van der Waals surface area (Å²) in [5.74, 6) is -2.45.